The van der Waals surface area contributed by atoms with Crippen molar-refractivity contribution in [2.75, 3.05) is 0 Å². The molecule has 0 bridgehead atoms. The number of aliphatic carboxylic acids is 1. The third kappa shape index (κ3) is 3.69. The summed E-state index contributed by atoms with van der Waals surface area (Å²) in [6.07, 6.45) is 1.85. The Hall–Kier alpha value is -1.63. The van der Waals surface area contributed by atoms with Crippen LogP contribution in [0, 0.1) is 12.8 Å². The number of aryl methyl sites for hydroxylation is 1. The molecule has 1 heterocycles. The van der Waals surface area contributed by atoms with E-state index >= 15 is 0 Å². The zero-order valence-electron chi connectivity index (χ0n) is 11.5. The lowest BCUT2D eigenvalue weighted by atomic mass is 10.1. The van der Waals surface area contributed by atoms with Crippen molar-refractivity contribution in [3.63, 3.8) is 0 Å². The number of thiazole rings is 1. The summed E-state index contributed by atoms with van der Waals surface area (Å²) in [6, 6.07) is -0.465. The van der Waals surface area contributed by atoms with E-state index in [1.165, 1.54) is 11.3 Å². The predicted molar refractivity (Wildman–Crippen MR) is 75.7 cm³/mol. The molecule has 7 heteroatoms. The van der Waals surface area contributed by atoms with Gasteiger partial charge in [0, 0.05) is 17.1 Å². The first-order chi connectivity index (χ1) is 9.45. The van der Waals surface area contributed by atoms with Crippen LogP contribution in [-0.2, 0) is 4.79 Å². The van der Waals surface area contributed by atoms with Crippen molar-refractivity contribution < 1.29 is 14.7 Å². The minimum atomic E-state index is -0.777. The summed E-state index contributed by atoms with van der Waals surface area (Å²) in [5.41, 5.74) is 0.944. The maximum absolute atomic E-state index is 11.9. The molecular formula is C13H19N3O3S. The fourth-order valence-corrected chi connectivity index (χ4v) is 3.20. The SMILES string of the molecule is Cc1csc(C(C)NC(=O)NC2CCC(C(=O)O)C2)n1. The van der Waals surface area contributed by atoms with Gasteiger partial charge in [-0.15, -0.1) is 11.3 Å². The van der Waals surface area contributed by atoms with Gasteiger partial charge in [0.1, 0.15) is 5.01 Å². The number of carboxylic acid groups (broad SMARTS) is 1. The van der Waals surface area contributed by atoms with Crippen molar-refractivity contribution >= 4 is 23.3 Å². The molecule has 1 fully saturated rings. The van der Waals surface area contributed by atoms with E-state index in [9.17, 15) is 9.59 Å². The predicted octanol–water partition coefficient (Wildman–Crippen LogP) is 2.07. The van der Waals surface area contributed by atoms with Gasteiger partial charge in [-0.05, 0) is 33.1 Å². The number of amides is 2. The van der Waals surface area contributed by atoms with Crippen LogP contribution in [0.25, 0.3) is 0 Å². The maximum atomic E-state index is 11.9. The Kier molecular flexibility index (Phi) is 4.59. The van der Waals surface area contributed by atoms with E-state index in [-0.39, 0.29) is 24.0 Å². The van der Waals surface area contributed by atoms with Gasteiger partial charge < -0.3 is 15.7 Å². The zero-order valence-corrected chi connectivity index (χ0v) is 12.4. The quantitative estimate of drug-likeness (QED) is 0.793. The van der Waals surface area contributed by atoms with Crippen LogP contribution in [0.5, 0.6) is 0 Å². The number of hydrogen-bond donors (Lipinski definition) is 3. The number of aromatic nitrogens is 1. The molecule has 1 aromatic heterocycles. The standard InChI is InChI=1S/C13H19N3O3S/c1-7-6-20-11(14-7)8(2)15-13(19)16-10-4-3-9(5-10)12(17)18/h6,8-10H,3-5H2,1-2H3,(H,17,18)(H2,15,16,19). The van der Waals surface area contributed by atoms with Gasteiger partial charge in [-0.25, -0.2) is 9.78 Å². The third-order valence-corrected chi connectivity index (χ3v) is 4.62. The van der Waals surface area contributed by atoms with Crippen LogP contribution in [0.1, 0.15) is 42.9 Å². The number of carbonyl (C=O) groups is 2. The van der Waals surface area contributed by atoms with Crippen molar-refractivity contribution in [2.24, 2.45) is 5.92 Å². The molecule has 3 atom stereocenters. The molecule has 6 nitrogen and oxygen atoms in total. The lowest BCUT2D eigenvalue weighted by Crippen LogP contribution is -2.42. The molecule has 1 aromatic rings. The molecule has 110 valence electrons. The van der Waals surface area contributed by atoms with Gasteiger partial charge in [0.15, 0.2) is 0 Å². The first-order valence-corrected chi connectivity index (χ1v) is 7.55. The van der Waals surface area contributed by atoms with Gasteiger partial charge in [0.2, 0.25) is 0 Å². The topological polar surface area (TPSA) is 91.3 Å². The number of carboxylic acids is 1. The number of urea groups is 1. The summed E-state index contributed by atoms with van der Waals surface area (Å²) in [4.78, 5) is 27.1. The highest BCUT2D eigenvalue weighted by Gasteiger charge is 2.30. The number of nitrogens with zero attached hydrogens (tertiary/aromatic N) is 1. The number of hydrogen-bond acceptors (Lipinski definition) is 4. The van der Waals surface area contributed by atoms with Gasteiger partial charge in [-0.1, -0.05) is 0 Å². The highest BCUT2D eigenvalue weighted by molar-refractivity contribution is 7.09. The van der Waals surface area contributed by atoms with E-state index in [2.05, 4.69) is 15.6 Å². The van der Waals surface area contributed by atoms with Gasteiger partial charge >= 0.3 is 12.0 Å². The van der Waals surface area contributed by atoms with Crippen molar-refractivity contribution in [3.8, 4) is 0 Å². The van der Waals surface area contributed by atoms with Crippen molar-refractivity contribution in [1.82, 2.24) is 15.6 Å². The zero-order chi connectivity index (χ0) is 14.7. The molecule has 2 amide bonds. The summed E-state index contributed by atoms with van der Waals surface area (Å²) in [6.45, 7) is 3.80. The lowest BCUT2D eigenvalue weighted by Gasteiger charge is -2.16. The van der Waals surface area contributed by atoms with Crippen LogP contribution in [0.3, 0.4) is 0 Å². The van der Waals surface area contributed by atoms with Crippen LogP contribution in [0.15, 0.2) is 5.38 Å². The summed E-state index contributed by atoms with van der Waals surface area (Å²) in [5, 5.41) is 17.4. The summed E-state index contributed by atoms with van der Waals surface area (Å²) in [5.74, 6) is -1.11. The average Bonchev–Trinajstić information content (AvgIpc) is 2.98. The number of nitrogens with one attached hydrogen (secondary N) is 2. The second kappa shape index (κ2) is 6.21. The number of carbonyl (C=O) groups excluding carboxylic acids is 1. The van der Waals surface area contributed by atoms with Gasteiger partial charge in [-0.3, -0.25) is 4.79 Å². The molecule has 1 aliphatic carbocycles. The van der Waals surface area contributed by atoms with E-state index in [0.717, 1.165) is 17.1 Å². The van der Waals surface area contributed by atoms with E-state index < -0.39 is 5.97 Å². The molecule has 0 aliphatic heterocycles. The first kappa shape index (κ1) is 14.8. The molecule has 20 heavy (non-hydrogen) atoms. The van der Waals surface area contributed by atoms with Crippen LogP contribution < -0.4 is 10.6 Å². The smallest absolute Gasteiger partial charge is 0.315 e. The Bertz CT molecular complexity index is 503. The molecule has 1 saturated carbocycles. The van der Waals surface area contributed by atoms with Crippen LogP contribution >= 0.6 is 11.3 Å². The molecular weight excluding hydrogens is 278 g/mol. The molecule has 1 aliphatic rings. The molecule has 3 unspecified atom stereocenters. The Morgan fingerprint density at radius 3 is 2.80 bits per heavy atom. The molecule has 0 radical (unpaired) electrons. The maximum Gasteiger partial charge on any atom is 0.315 e. The Morgan fingerprint density at radius 2 is 2.25 bits per heavy atom. The fourth-order valence-electron chi connectivity index (χ4n) is 2.39. The fraction of sp³-hybridized carbons (Fsp3) is 0.615. The summed E-state index contributed by atoms with van der Waals surface area (Å²) >= 11 is 1.52. The number of rotatable bonds is 4. The largest absolute Gasteiger partial charge is 0.481 e. The normalized spacial score (nSPS) is 23.3. The second-order valence-electron chi connectivity index (χ2n) is 5.21. The van der Waals surface area contributed by atoms with E-state index in [0.29, 0.717) is 12.8 Å². The Balaban J connectivity index is 1.80. The van der Waals surface area contributed by atoms with E-state index in [4.69, 9.17) is 5.11 Å². The minimum Gasteiger partial charge on any atom is -0.481 e. The van der Waals surface area contributed by atoms with Crippen LogP contribution in [0.2, 0.25) is 0 Å². The van der Waals surface area contributed by atoms with Gasteiger partial charge in [-0.2, -0.15) is 0 Å². The monoisotopic (exact) mass is 297 g/mol. The van der Waals surface area contributed by atoms with Crippen LogP contribution in [-0.4, -0.2) is 28.1 Å². The van der Waals surface area contributed by atoms with Gasteiger partial charge in [0.25, 0.3) is 0 Å². The van der Waals surface area contributed by atoms with Crippen molar-refractivity contribution in [2.45, 2.75) is 45.2 Å². The summed E-state index contributed by atoms with van der Waals surface area (Å²) < 4.78 is 0. The molecule has 0 spiro atoms. The molecule has 0 saturated heterocycles. The van der Waals surface area contributed by atoms with E-state index in [1.54, 1.807) is 0 Å². The van der Waals surface area contributed by atoms with Crippen LogP contribution in [0.4, 0.5) is 4.79 Å². The molecule has 0 aromatic carbocycles. The second-order valence-corrected chi connectivity index (χ2v) is 6.10. The Labute approximate surface area is 121 Å². The minimum absolute atomic E-state index is 0.0543. The molecule has 2 rings (SSSR count). The van der Waals surface area contributed by atoms with Crippen molar-refractivity contribution in [1.29, 1.82) is 0 Å². The summed E-state index contributed by atoms with van der Waals surface area (Å²) in [7, 11) is 0. The van der Waals surface area contributed by atoms with E-state index in [1.807, 2.05) is 19.2 Å². The highest BCUT2D eigenvalue weighted by atomic mass is 32.1. The lowest BCUT2D eigenvalue weighted by molar-refractivity contribution is -0.141. The van der Waals surface area contributed by atoms with Crippen molar-refractivity contribution in [3.05, 3.63) is 16.1 Å². The average molecular weight is 297 g/mol. The third-order valence-electron chi connectivity index (χ3n) is 3.47. The van der Waals surface area contributed by atoms with Gasteiger partial charge in [0.05, 0.1) is 12.0 Å². The molecule has 3 N–H and O–H groups in total. The highest BCUT2D eigenvalue weighted by Crippen LogP contribution is 2.25. The Morgan fingerprint density at radius 1 is 1.50 bits per heavy atom. The first-order valence-electron chi connectivity index (χ1n) is 6.67.